The van der Waals surface area contributed by atoms with E-state index in [0.717, 1.165) is 0 Å². The standard InChI is InChI=1S/C10H13F2NO/c1-7(2)10(14)8-3-4-13(5-8)6-9(11)12/h3-5,7,9H,6H2,1-2H3. The second-order valence-electron chi connectivity index (χ2n) is 3.51. The van der Waals surface area contributed by atoms with Crippen molar-refractivity contribution in [1.82, 2.24) is 4.57 Å². The molecule has 0 aliphatic carbocycles. The number of nitrogens with zero attached hydrogens (tertiary/aromatic N) is 1. The van der Waals surface area contributed by atoms with E-state index in [1.54, 1.807) is 19.9 Å². The fraction of sp³-hybridized carbons (Fsp3) is 0.500. The van der Waals surface area contributed by atoms with Crippen molar-refractivity contribution in [3.05, 3.63) is 24.0 Å². The van der Waals surface area contributed by atoms with E-state index in [0.29, 0.717) is 5.56 Å². The molecule has 0 atom stereocenters. The van der Waals surface area contributed by atoms with Crippen LogP contribution >= 0.6 is 0 Å². The van der Waals surface area contributed by atoms with Crippen LogP contribution in [0.25, 0.3) is 0 Å². The highest BCUT2D eigenvalue weighted by molar-refractivity contribution is 5.97. The number of aromatic nitrogens is 1. The summed E-state index contributed by atoms with van der Waals surface area (Å²) in [5.74, 6) is -0.115. The first-order valence-corrected chi connectivity index (χ1v) is 4.49. The zero-order chi connectivity index (χ0) is 10.7. The first-order valence-electron chi connectivity index (χ1n) is 4.49. The van der Waals surface area contributed by atoms with Crippen LogP contribution in [0.15, 0.2) is 18.5 Å². The minimum atomic E-state index is -2.38. The van der Waals surface area contributed by atoms with E-state index in [4.69, 9.17) is 0 Å². The van der Waals surface area contributed by atoms with Gasteiger partial charge in [-0.1, -0.05) is 13.8 Å². The Morgan fingerprint density at radius 1 is 1.50 bits per heavy atom. The molecule has 1 rings (SSSR count). The zero-order valence-corrected chi connectivity index (χ0v) is 8.21. The molecule has 14 heavy (non-hydrogen) atoms. The van der Waals surface area contributed by atoms with Gasteiger partial charge >= 0.3 is 0 Å². The number of carbonyl (C=O) groups is 1. The molecule has 78 valence electrons. The number of alkyl halides is 2. The van der Waals surface area contributed by atoms with Crippen LogP contribution in [0.3, 0.4) is 0 Å². The largest absolute Gasteiger partial charge is 0.348 e. The topological polar surface area (TPSA) is 22.0 Å². The average molecular weight is 201 g/mol. The SMILES string of the molecule is CC(C)C(=O)c1ccn(CC(F)F)c1. The van der Waals surface area contributed by atoms with E-state index in [1.807, 2.05) is 0 Å². The van der Waals surface area contributed by atoms with Gasteiger partial charge in [-0.3, -0.25) is 4.79 Å². The molecule has 0 aliphatic heterocycles. The molecule has 0 N–H and O–H groups in total. The lowest BCUT2D eigenvalue weighted by atomic mass is 10.0. The van der Waals surface area contributed by atoms with Crippen LogP contribution in [-0.4, -0.2) is 16.8 Å². The van der Waals surface area contributed by atoms with Crippen LogP contribution in [0.4, 0.5) is 8.78 Å². The summed E-state index contributed by atoms with van der Waals surface area (Å²) in [7, 11) is 0. The molecule has 2 nitrogen and oxygen atoms in total. The van der Waals surface area contributed by atoms with Crippen LogP contribution < -0.4 is 0 Å². The number of hydrogen-bond donors (Lipinski definition) is 0. The Bertz CT molecular complexity index is 318. The zero-order valence-electron chi connectivity index (χ0n) is 8.21. The first-order chi connectivity index (χ1) is 6.50. The summed E-state index contributed by atoms with van der Waals surface area (Å²) in [5, 5.41) is 0. The lowest BCUT2D eigenvalue weighted by Gasteiger charge is -2.01. The van der Waals surface area contributed by atoms with E-state index in [9.17, 15) is 13.6 Å². The molecule has 1 aromatic heterocycles. The summed E-state index contributed by atoms with van der Waals surface area (Å²) in [6.07, 6.45) is 0.584. The van der Waals surface area contributed by atoms with E-state index in [2.05, 4.69) is 0 Å². The number of Topliss-reactive ketones (excluding diaryl/α,β-unsaturated/α-hetero) is 1. The van der Waals surface area contributed by atoms with Gasteiger partial charge in [0.1, 0.15) is 0 Å². The summed E-state index contributed by atoms with van der Waals surface area (Å²) in [4.78, 5) is 11.4. The number of rotatable bonds is 4. The third-order valence-electron chi connectivity index (χ3n) is 1.91. The summed E-state index contributed by atoms with van der Waals surface area (Å²) < 4.78 is 25.3. The van der Waals surface area contributed by atoms with E-state index >= 15 is 0 Å². The molecule has 0 fully saturated rings. The smallest absolute Gasteiger partial charge is 0.256 e. The highest BCUT2D eigenvalue weighted by Crippen LogP contribution is 2.10. The van der Waals surface area contributed by atoms with Crippen molar-refractivity contribution in [1.29, 1.82) is 0 Å². The van der Waals surface area contributed by atoms with Gasteiger partial charge in [-0.2, -0.15) is 0 Å². The Hall–Kier alpha value is -1.19. The molecule has 0 aliphatic rings. The van der Waals surface area contributed by atoms with Gasteiger partial charge < -0.3 is 4.57 Å². The fourth-order valence-electron chi connectivity index (χ4n) is 1.19. The maximum Gasteiger partial charge on any atom is 0.256 e. The Kier molecular flexibility index (Phi) is 3.38. The van der Waals surface area contributed by atoms with Crippen molar-refractivity contribution in [2.45, 2.75) is 26.8 Å². The fourth-order valence-corrected chi connectivity index (χ4v) is 1.19. The molecule has 0 bridgehead atoms. The molecule has 0 spiro atoms. The Labute approximate surface area is 81.5 Å². The molecule has 4 heteroatoms. The van der Waals surface area contributed by atoms with Gasteiger partial charge in [0.25, 0.3) is 6.43 Å². The van der Waals surface area contributed by atoms with Crippen LogP contribution in [0.5, 0.6) is 0 Å². The molecule has 0 aromatic carbocycles. The molecule has 0 unspecified atom stereocenters. The maximum absolute atomic E-state index is 12.0. The molecule has 0 amide bonds. The third kappa shape index (κ3) is 2.65. The van der Waals surface area contributed by atoms with Crippen molar-refractivity contribution >= 4 is 5.78 Å². The molecule has 1 aromatic rings. The van der Waals surface area contributed by atoms with E-state index in [-0.39, 0.29) is 18.2 Å². The lowest BCUT2D eigenvalue weighted by molar-refractivity contribution is 0.0938. The Morgan fingerprint density at radius 3 is 2.64 bits per heavy atom. The van der Waals surface area contributed by atoms with Gasteiger partial charge in [-0.05, 0) is 6.07 Å². The van der Waals surface area contributed by atoms with Gasteiger partial charge in [0.2, 0.25) is 0 Å². The third-order valence-corrected chi connectivity index (χ3v) is 1.91. The molecular formula is C10H13F2NO. The first kappa shape index (κ1) is 10.9. The van der Waals surface area contributed by atoms with Crippen molar-refractivity contribution in [3.8, 4) is 0 Å². The van der Waals surface area contributed by atoms with Crippen LogP contribution in [0.1, 0.15) is 24.2 Å². The highest BCUT2D eigenvalue weighted by Gasteiger charge is 2.12. The normalized spacial score (nSPS) is 11.3. The van der Waals surface area contributed by atoms with Crippen molar-refractivity contribution < 1.29 is 13.6 Å². The summed E-state index contributed by atoms with van der Waals surface area (Å²) in [6, 6.07) is 1.57. The van der Waals surface area contributed by atoms with Gasteiger partial charge in [-0.25, -0.2) is 8.78 Å². The predicted octanol–water partition coefficient (Wildman–Crippen LogP) is 2.59. The minimum Gasteiger partial charge on any atom is -0.348 e. The summed E-state index contributed by atoms with van der Waals surface area (Å²) in [6.45, 7) is 3.21. The van der Waals surface area contributed by atoms with Crippen LogP contribution in [0.2, 0.25) is 0 Å². The Balaban J connectivity index is 2.73. The molecule has 0 radical (unpaired) electrons. The molecule has 0 saturated carbocycles. The number of halogens is 2. The van der Waals surface area contributed by atoms with Gasteiger partial charge in [0.05, 0.1) is 6.54 Å². The van der Waals surface area contributed by atoms with Crippen LogP contribution in [-0.2, 0) is 6.54 Å². The lowest BCUT2D eigenvalue weighted by Crippen LogP contribution is -2.07. The number of hydrogen-bond acceptors (Lipinski definition) is 1. The summed E-state index contributed by atoms with van der Waals surface area (Å²) in [5.41, 5.74) is 0.501. The number of ketones is 1. The van der Waals surface area contributed by atoms with Crippen molar-refractivity contribution in [3.63, 3.8) is 0 Å². The highest BCUT2D eigenvalue weighted by atomic mass is 19.3. The molecule has 1 heterocycles. The number of carbonyl (C=O) groups excluding carboxylic acids is 1. The van der Waals surface area contributed by atoms with Gasteiger partial charge in [0, 0.05) is 23.9 Å². The maximum atomic E-state index is 12.0. The average Bonchev–Trinajstić information content (AvgIpc) is 2.50. The van der Waals surface area contributed by atoms with E-state index in [1.165, 1.54) is 17.0 Å². The van der Waals surface area contributed by atoms with E-state index < -0.39 is 6.43 Å². The molecular weight excluding hydrogens is 188 g/mol. The minimum absolute atomic E-state index is 0.0157. The van der Waals surface area contributed by atoms with Crippen molar-refractivity contribution in [2.24, 2.45) is 5.92 Å². The second kappa shape index (κ2) is 4.35. The second-order valence-corrected chi connectivity index (χ2v) is 3.51. The quantitative estimate of drug-likeness (QED) is 0.686. The van der Waals surface area contributed by atoms with Crippen LogP contribution in [0, 0.1) is 5.92 Å². The Morgan fingerprint density at radius 2 is 2.14 bits per heavy atom. The molecule has 0 saturated heterocycles. The summed E-state index contributed by atoms with van der Waals surface area (Å²) >= 11 is 0. The monoisotopic (exact) mass is 201 g/mol. The van der Waals surface area contributed by atoms with Gasteiger partial charge in [-0.15, -0.1) is 0 Å². The predicted molar refractivity (Wildman–Crippen MR) is 49.6 cm³/mol. The van der Waals surface area contributed by atoms with Gasteiger partial charge in [0.15, 0.2) is 5.78 Å². The van der Waals surface area contributed by atoms with Crippen molar-refractivity contribution in [2.75, 3.05) is 0 Å².